The van der Waals surface area contributed by atoms with Crippen LogP contribution >= 0.6 is 12.4 Å². The second-order valence-electron chi connectivity index (χ2n) is 6.57. The van der Waals surface area contributed by atoms with E-state index in [4.69, 9.17) is 4.52 Å². The number of hydrogen-bond donors (Lipinski definition) is 1. The number of halogens is 1. The molecule has 0 bridgehead atoms. The van der Waals surface area contributed by atoms with Crippen molar-refractivity contribution in [1.82, 2.24) is 20.4 Å². The lowest BCUT2D eigenvalue weighted by Gasteiger charge is -2.31. The summed E-state index contributed by atoms with van der Waals surface area (Å²) in [7, 11) is 2.02. The molecule has 1 N–H and O–H groups in total. The molecule has 0 aliphatic carbocycles. The molecule has 0 radical (unpaired) electrons. The van der Waals surface area contributed by atoms with Gasteiger partial charge in [0.05, 0.1) is 6.54 Å². The lowest BCUT2D eigenvalue weighted by molar-refractivity contribution is 0.162. The van der Waals surface area contributed by atoms with Gasteiger partial charge in [0, 0.05) is 12.0 Å². The molecule has 1 saturated heterocycles. The summed E-state index contributed by atoms with van der Waals surface area (Å²) < 4.78 is 5.34. The molecule has 2 rings (SSSR count). The number of piperidine rings is 1. The van der Waals surface area contributed by atoms with Crippen LogP contribution < -0.4 is 5.32 Å². The minimum atomic E-state index is -0.0676. The molecule has 2 heterocycles. The number of aromatic nitrogens is 2. The van der Waals surface area contributed by atoms with E-state index in [2.05, 4.69) is 41.1 Å². The third kappa shape index (κ3) is 4.72. The van der Waals surface area contributed by atoms with Crippen LogP contribution in [0.25, 0.3) is 0 Å². The van der Waals surface area contributed by atoms with Gasteiger partial charge in [0.15, 0.2) is 5.82 Å². The van der Waals surface area contributed by atoms with Crippen molar-refractivity contribution in [3.8, 4) is 0 Å². The number of likely N-dealkylation sites (tertiary alicyclic amines) is 1. The molecule has 1 aliphatic heterocycles. The Morgan fingerprint density at radius 3 is 2.75 bits per heavy atom. The van der Waals surface area contributed by atoms with Gasteiger partial charge in [0.25, 0.3) is 0 Å². The maximum atomic E-state index is 5.34. The number of hydrogen-bond acceptors (Lipinski definition) is 5. The van der Waals surface area contributed by atoms with Crippen LogP contribution in [0.4, 0.5) is 0 Å². The molecular weight excluding hydrogens is 276 g/mol. The molecule has 1 aromatic heterocycles. The van der Waals surface area contributed by atoms with Gasteiger partial charge in [0.2, 0.25) is 5.89 Å². The van der Waals surface area contributed by atoms with Gasteiger partial charge in [-0.25, -0.2) is 0 Å². The molecule has 1 aromatic rings. The summed E-state index contributed by atoms with van der Waals surface area (Å²) in [5.41, 5.74) is -0.0676. The van der Waals surface area contributed by atoms with Crippen LogP contribution in [0.2, 0.25) is 0 Å². The van der Waals surface area contributed by atoms with Gasteiger partial charge in [-0.1, -0.05) is 25.9 Å². The Hall–Kier alpha value is -0.650. The molecule has 0 aromatic carbocycles. The van der Waals surface area contributed by atoms with Gasteiger partial charge in [-0.2, -0.15) is 4.98 Å². The molecule has 1 fully saturated rings. The summed E-state index contributed by atoms with van der Waals surface area (Å²) in [6.07, 6.45) is 2.58. The summed E-state index contributed by atoms with van der Waals surface area (Å²) in [6, 6.07) is 0. The number of nitrogens with one attached hydrogen (secondary N) is 1. The van der Waals surface area contributed by atoms with Gasteiger partial charge in [-0.15, -0.1) is 12.4 Å². The molecule has 6 heteroatoms. The van der Waals surface area contributed by atoms with E-state index in [1.807, 2.05) is 7.05 Å². The quantitative estimate of drug-likeness (QED) is 0.924. The monoisotopic (exact) mass is 302 g/mol. The highest BCUT2D eigenvalue weighted by Crippen LogP contribution is 2.21. The zero-order valence-electron chi connectivity index (χ0n) is 13.0. The van der Waals surface area contributed by atoms with E-state index < -0.39 is 0 Å². The van der Waals surface area contributed by atoms with E-state index in [1.165, 1.54) is 12.8 Å². The van der Waals surface area contributed by atoms with Crippen molar-refractivity contribution >= 4 is 12.4 Å². The van der Waals surface area contributed by atoms with E-state index in [1.54, 1.807) is 0 Å². The molecule has 116 valence electrons. The largest absolute Gasteiger partial charge is 0.339 e. The summed E-state index contributed by atoms with van der Waals surface area (Å²) in [4.78, 5) is 6.94. The van der Waals surface area contributed by atoms with Crippen LogP contribution in [0, 0.1) is 5.92 Å². The van der Waals surface area contributed by atoms with E-state index in [-0.39, 0.29) is 17.8 Å². The van der Waals surface area contributed by atoms with Gasteiger partial charge in [-0.3, -0.25) is 4.90 Å². The minimum Gasteiger partial charge on any atom is -0.339 e. The van der Waals surface area contributed by atoms with Gasteiger partial charge < -0.3 is 9.84 Å². The second-order valence-corrected chi connectivity index (χ2v) is 6.57. The lowest BCUT2D eigenvalue weighted by Crippen LogP contribution is -2.38. The van der Waals surface area contributed by atoms with Crippen LogP contribution in [-0.2, 0) is 12.0 Å². The Morgan fingerprint density at radius 2 is 2.15 bits per heavy atom. The predicted molar refractivity (Wildman–Crippen MR) is 82.2 cm³/mol. The summed E-state index contributed by atoms with van der Waals surface area (Å²) in [6.45, 7) is 10.4. The van der Waals surface area contributed by atoms with E-state index in [9.17, 15) is 0 Å². The Balaban J connectivity index is 0.00000200. The van der Waals surface area contributed by atoms with Crippen molar-refractivity contribution in [2.45, 2.75) is 45.6 Å². The topological polar surface area (TPSA) is 54.2 Å². The first kappa shape index (κ1) is 17.4. The first-order chi connectivity index (χ1) is 8.99. The van der Waals surface area contributed by atoms with Gasteiger partial charge >= 0.3 is 0 Å². The first-order valence-electron chi connectivity index (χ1n) is 7.19. The van der Waals surface area contributed by atoms with Crippen molar-refractivity contribution in [2.75, 3.05) is 26.7 Å². The van der Waals surface area contributed by atoms with Crippen molar-refractivity contribution in [3.05, 3.63) is 11.7 Å². The van der Waals surface area contributed by atoms with Crippen molar-refractivity contribution in [2.24, 2.45) is 5.92 Å². The Bertz CT molecular complexity index is 400. The van der Waals surface area contributed by atoms with E-state index >= 15 is 0 Å². The molecule has 0 spiro atoms. The molecule has 1 aliphatic rings. The molecule has 1 unspecified atom stereocenters. The Morgan fingerprint density at radius 1 is 1.40 bits per heavy atom. The third-order valence-electron chi connectivity index (χ3n) is 3.57. The van der Waals surface area contributed by atoms with Gasteiger partial charge in [0.1, 0.15) is 0 Å². The van der Waals surface area contributed by atoms with E-state index in [0.717, 1.165) is 43.8 Å². The first-order valence-corrected chi connectivity index (χ1v) is 7.19. The minimum absolute atomic E-state index is 0. The predicted octanol–water partition coefficient (Wildman–Crippen LogP) is 2.22. The van der Waals surface area contributed by atoms with Crippen LogP contribution in [0.1, 0.15) is 45.3 Å². The average molecular weight is 303 g/mol. The Labute approximate surface area is 127 Å². The van der Waals surface area contributed by atoms with Gasteiger partial charge in [-0.05, 0) is 38.9 Å². The normalized spacial score (nSPS) is 20.7. The fraction of sp³-hybridized carbons (Fsp3) is 0.857. The SMILES string of the molecule is CNCC1CCCN(Cc2noc(C(C)(C)C)n2)C1.Cl. The summed E-state index contributed by atoms with van der Waals surface area (Å²) >= 11 is 0. The third-order valence-corrected chi connectivity index (χ3v) is 3.57. The maximum absolute atomic E-state index is 5.34. The molecule has 0 saturated carbocycles. The molecule has 1 atom stereocenters. The van der Waals surface area contributed by atoms with Crippen LogP contribution in [0.3, 0.4) is 0 Å². The van der Waals surface area contributed by atoms with Crippen LogP contribution in [0.5, 0.6) is 0 Å². The van der Waals surface area contributed by atoms with Crippen molar-refractivity contribution in [1.29, 1.82) is 0 Å². The summed E-state index contributed by atoms with van der Waals surface area (Å²) in [5.74, 6) is 2.29. The van der Waals surface area contributed by atoms with Crippen LogP contribution in [-0.4, -0.2) is 41.7 Å². The summed E-state index contributed by atoms with van der Waals surface area (Å²) in [5, 5.41) is 7.37. The second kappa shape index (κ2) is 7.38. The zero-order chi connectivity index (χ0) is 13.9. The maximum Gasteiger partial charge on any atom is 0.232 e. The molecule has 20 heavy (non-hydrogen) atoms. The number of rotatable bonds is 4. The number of nitrogens with zero attached hydrogens (tertiary/aromatic N) is 3. The lowest BCUT2D eigenvalue weighted by atomic mass is 9.97. The smallest absolute Gasteiger partial charge is 0.232 e. The molecule has 0 amide bonds. The standard InChI is InChI=1S/C14H26N4O.ClH/c1-14(2,3)13-16-12(17-19-13)10-18-7-5-6-11(9-18)8-15-4;/h11,15H,5-10H2,1-4H3;1H. The highest BCUT2D eigenvalue weighted by molar-refractivity contribution is 5.85. The highest BCUT2D eigenvalue weighted by Gasteiger charge is 2.24. The molecular formula is C14H27ClN4O. The molecule has 5 nitrogen and oxygen atoms in total. The average Bonchev–Trinajstić information content (AvgIpc) is 2.78. The van der Waals surface area contributed by atoms with Crippen molar-refractivity contribution < 1.29 is 4.52 Å². The highest BCUT2D eigenvalue weighted by atomic mass is 35.5. The Kier molecular flexibility index (Phi) is 6.43. The zero-order valence-corrected chi connectivity index (χ0v) is 13.8. The van der Waals surface area contributed by atoms with E-state index in [0.29, 0.717) is 0 Å². The van der Waals surface area contributed by atoms with Crippen LogP contribution in [0.15, 0.2) is 4.52 Å². The fourth-order valence-electron chi connectivity index (χ4n) is 2.57. The fourth-order valence-corrected chi connectivity index (χ4v) is 2.57. The van der Waals surface area contributed by atoms with Crippen molar-refractivity contribution in [3.63, 3.8) is 0 Å².